The van der Waals surface area contributed by atoms with Crippen LogP contribution in [0.25, 0.3) is 0 Å². The van der Waals surface area contributed by atoms with Crippen molar-refractivity contribution in [3.05, 3.63) is 47.7 Å². The lowest BCUT2D eigenvalue weighted by atomic mass is 10.1. The Balaban J connectivity index is 2.31. The Kier molecular flexibility index (Phi) is 3.42. The Labute approximate surface area is 106 Å². The smallest absolute Gasteiger partial charge is 0.266 e. The normalized spacial score (nSPS) is 11.5. The van der Waals surface area contributed by atoms with Crippen LogP contribution in [-0.4, -0.2) is 9.78 Å². The second-order valence-corrected chi connectivity index (χ2v) is 3.80. The minimum atomic E-state index is -4.37. The fourth-order valence-electron chi connectivity index (χ4n) is 1.60. The maximum Gasteiger partial charge on any atom is 0.416 e. The lowest BCUT2D eigenvalue weighted by Crippen LogP contribution is -2.11. The zero-order chi connectivity index (χ0) is 13.2. The van der Waals surface area contributed by atoms with Gasteiger partial charge in [-0.1, -0.05) is 18.2 Å². The molecule has 3 nitrogen and oxygen atoms in total. The standard InChI is InChI=1S/C11H8F3N3S/c12-11(13,14)9-4-2-1-3-8(9)7-17-6-5-10(15-17)16-18/h1-6H,7H2. The molecule has 0 bridgehead atoms. The van der Waals surface area contributed by atoms with Crippen molar-refractivity contribution in [1.29, 1.82) is 0 Å². The van der Waals surface area contributed by atoms with Crippen molar-refractivity contribution in [3.8, 4) is 0 Å². The van der Waals surface area contributed by atoms with Gasteiger partial charge >= 0.3 is 6.18 Å². The first-order chi connectivity index (χ1) is 8.50. The highest BCUT2D eigenvalue weighted by molar-refractivity contribution is 7.47. The molecular formula is C11H8F3N3S. The largest absolute Gasteiger partial charge is 0.416 e. The highest BCUT2D eigenvalue weighted by atomic mass is 32.1. The summed E-state index contributed by atoms with van der Waals surface area (Å²) in [4.78, 5) is 0. The Morgan fingerprint density at radius 2 is 1.94 bits per heavy atom. The van der Waals surface area contributed by atoms with Gasteiger partial charge in [0.25, 0.3) is 0 Å². The molecule has 1 heterocycles. The number of hydrogen-bond donors (Lipinski definition) is 0. The first-order valence-corrected chi connectivity index (χ1v) is 5.39. The summed E-state index contributed by atoms with van der Waals surface area (Å²) >= 11 is 4.45. The van der Waals surface area contributed by atoms with Gasteiger partial charge in [-0.3, -0.25) is 4.68 Å². The summed E-state index contributed by atoms with van der Waals surface area (Å²) in [6.07, 6.45) is -2.83. The summed E-state index contributed by atoms with van der Waals surface area (Å²) in [5.41, 5.74) is -0.499. The molecular weight excluding hydrogens is 263 g/mol. The monoisotopic (exact) mass is 271 g/mol. The molecule has 0 aliphatic carbocycles. The Morgan fingerprint density at radius 1 is 1.22 bits per heavy atom. The fourth-order valence-corrected chi connectivity index (χ4v) is 1.69. The topological polar surface area (TPSA) is 30.2 Å². The number of aromatic nitrogens is 2. The zero-order valence-electron chi connectivity index (χ0n) is 9.05. The maximum atomic E-state index is 12.8. The molecule has 2 rings (SSSR count). The third-order valence-corrected chi connectivity index (χ3v) is 2.56. The van der Waals surface area contributed by atoms with Crippen LogP contribution in [0.5, 0.6) is 0 Å². The van der Waals surface area contributed by atoms with Crippen LogP contribution in [0.2, 0.25) is 0 Å². The molecule has 0 radical (unpaired) electrons. The SMILES string of the molecule is FC(F)(F)c1ccccc1Cn1ccc(N=S)n1. The van der Waals surface area contributed by atoms with E-state index in [1.807, 2.05) is 0 Å². The van der Waals surface area contributed by atoms with Crippen molar-refractivity contribution >= 4 is 18.2 Å². The first kappa shape index (κ1) is 12.7. The van der Waals surface area contributed by atoms with E-state index in [-0.39, 0.29) is 12.1 Å². The molecule has 0 aliphatic rings. The number of rotatable bonds is 3. The van der Waals surface area contributed by atoms with E-state index in [2.05, 4.69) is 21.9 Å². The number of alkyl halides is 3. The van der Waals surface area contributed by atoms with E-state index in [0.717, 1.165) is 6.07 Å². The van der Waals surface area contributed by atoms with Crippen molar-refractivity contribution in [2.24, 2.45) is 4.36 Å². The van der Waals surface area contributed by atoms with E-state index in [1.165, 1.54) is 23.0 Å². The molecule has 0 fully saturated rings. The summed E-state index contributed by atoms with van der Waals surface area (Å²) < 4.78 is 43.1. The molecule has 2 aromatic rings. The number of nitrogens with zero attached hydrogens (tertiary/aromatic N) is 3. The van der Waals surface area contributed by atoms with Gasteiger partial charge in [-0.2, -0.15) is 22.6 Å². The van der Waals surface area contributed by atoms with Crippen LogP contribution in [-0.2, 0) is 25.1 Å². The molecule has 0 N–H and O–H groups in total. The minimum absolute atomic E-state index is 0.0283. The molecule has 0 saturated carbocycles. The van der Waals surface area contributed by atoms with E-state index >= 15 is 0 Å². The predicted molar refractivity (Wildman–Crippen MR) is 62.2 cm³/mol. The predicted octanol–water partition coefficient (Wildman–Crippen LogP) is 3.31. The number of benzene rings is 1. The lowest BCUT2D eigenvalue weighted by Gasteiger charge is -2.12. The van der Waals surface area contributed by atoms with Crippen molar-refractivity contribution < 1.29 is 13.2 Å². The average Bonchev–Trinajstić information content (AvgIpc) is 2.76. The molecule has 0 amide bonds. The molecule has 0 spiro atoms. The summed E-state index contributed by atoms with van der Waals surface area (Å²) in [5, 5.41) is 3.93. The molecule has 0 saturated heterocycles. The molecule has 0 atom stereocenters. The summed E-state index contributed by atoms with van der Waals surface area (Å²) in [7, 11) is 0. The van der Waals surface area contributed by atoms with Crippen LogP contribution in [0, 0.1) is 0 Å². The van der Waals surface area contributed by atoms with Crippen LogP contribution in [0.1, 0.15) is 11.1 Å². The van der Waals surface area contributed by atoms with Crippen molar-refractivity contribution in [2.45, 2.75) is 12.7 Å². The van der Waals surface area contributed by atoms with Crippen molar-refractivity contribution in [1.82, 2.24) is 9.78 Å². The molecule has 0 aliphatic heterocycles. The van der Waals surface area contributed by atoms with E-state index < -0.39 is 11.7 Å². The van der Waals surface area contributed by atoms with Crippen LogP contribution < -0.4 is 0 Å². The number of halogens is 3. The third-order valence-electron chi connectivity index (χ3n) is 2.38. The van der Waals surface area contributed by atoms with Crippen LogP contribution in [0.15, 0.2) is 40.9 Å². The molecule has 0 unspecified atom stereocenters. The molecule has 1 aromatic heterocycles. The van der Waals surface area contributed by atoms with Gasteiger partial charge in [-0.25, -0.2) is 0 Å². The minimum Gasteiger partial charge on any atom is -0.266 e. The molecule has 7 heteroatoms. The van der Waals surface area contributed by atoms with Gasteiger partial charge < -0.3 is 0 Å². The summed E-state index contributed by atoms with van der Waals surface area (Å²) in [6, 6.07) is 6.95. The molecule has 18 heavy (non-hydrogen) atoms. The highest BCUT2D eigenvalue weighted by Gasteiger charge is 2.32. The van der Waals surface area contributed by atoms with Crippen LogP contribution >= 0.6 is 0 Å². The van der Waals surface area contributed by atoms with Crippen LogP contribution in [0.4, 0.5) is 19.0 Å². The maximum absolute atomic E-state index is 12.8. The van der Waals surface area contributed by atoms with E-state index in [1.54, 1.807) is 12.1 Å². The highest BCUT2D eigenvalue weighted by Crippen LogP contribution is 2.32. The zero-order valence-corrected chi connectivity index (χ0v) is 9.87. The first-order valence-electron chi connectivity index (χ1n) is 5.02. The van der Waals surface area contributed by atoms with Crippen LogP contribution in [0.3, 0.4) is 0 Å². The van der Waals surface area contributed by atoms with Gasteiger partial charge in [-0.15, -0.1) is 0 Å². The Hall–Kier alpha value is -1.76. The van der Waals surface area contributed by atoms with Gasteiger partial charge in [0.15, 0.2) is 5.82 Å². The number of hydrogen-bond acceptors (Lipinski definition) is 3. The van der Waals surface area contributed by atoms with Crippen molar-refractivity contribution in [2.75, 3.05) is 0 Å². The van der Waals surface area contributed by atoms with E-state index in [0.29, 0.717) is 5.82 Å². The average molecular weight is 271 g/mol. The Bertz CT molecular complexity index is 563. The molecule has 1 aromatic carbocycles. The van der Waals surface area contributed by atoms with Gasteiger partial charge in [0.2, 0.25) is 0 Å². The van der Waals surface area contributed by atoms with Gasteiger partial charge in [0.05, 0.1) is 12.1 Å². The molecule has 94 valence electrons. The quantitative estimate of drug-likeness (QED) is 0.857. The van der Waals surface area contributed by atoms with Gasteiger partial charge in [-0.05, 0) is 11.6 Å². The van der Waals surface area contributed by atoms with E-state index in [9.17, 15) is 13.2 Å². The second kappa shape index (κ2) is 4.85. The second-order valence-electron chi connectivity index (χ2n) is 3.62. The van der Waals surface area contributed by atoms with Gasteiger partial charge in [0, 0.05) is 24.7 Å². The van der Waals surface area contributed by atoms with Gasteiger partial charge in [0.1, 0.15) is 0 Å². The summed E-state index contributed by atoms with van der Waals surface area (Å²) in [5.74, 6) is 0.314. The Morgan fingerprint density at radius 3 is 2.56 bits per heavy atom. The summed E-state index contributed by atoms with van der Waals surface area (Å²) in [6.45, 7) is 0.0283. The fraction of sp³-hybridized carbons (Fsp3) is 0.182. The third kappa shape index (κ3) is 2.73. The van der Waals surface area contributed by atoms with Crippen molar-refractivity contribution in [3.63, 3.8) is 0 Å². The van der Waals surface area contributed by atoms with E-state index in [4.69, 9.17) is 0 Å². The lowest BCUT2D eigenvalue weighted by molar-refractivity contribution is -0.138.